The molecule has 0 radical (unpaired) electrons. The molecule has 0 aromatic carbocycles. The normalized spacial score (nSPS) is 15.7. The van der Waals surface area contributed by atoms with E-state index in [0.29, 0.717) is 12.1 Å². The monoisotopic (exact) mass is 485 g/mol. The van der Waals surface area contributed by atoms with Crippen LogP contribution in [0.2, 0.25) is 0 Å². The number of carbonyl (C=O) groups excluding carboxylic acids is 1. The minimum Gasteiger partial charge on any atom is -0.356 e. The molecule has 2 aliphatic heterocycles. The number of rotatable bonds is 6. The highest BCUT2D eigenvalue weighted by Gasteiger charge is 2.20. The van der Waals surface area contributed by atoms with Crippen LogP contribution in [0.5, 0.6) is 0 Å². The average Bonchev–Trinajstić information content (AvgIpc) is 3.59. The molecule has 34 heavy (non-hydrogen) atoms. The zero-order chi connectivity index (χ0) is 24.1. The van der Waals surface area contributed by atoms with Crippen molar-refractivity contribution in [2.24, 2.45) is 7.05 Å². The van der Waals surface area contributed by atoms with Crippen molar-refractivity contribution in [2.45, 2.75) is 44.3 Å². The van der Waals surface area contributed by atoms with Crippen LogP contribution in [0.1, 0.15) is 40.3 Å². The summed E-state index contributed by atoms with van der Waals surface area (Å²) in [5.41, 5.74) is 3.78. The van der Waals surface area contributed by atoms with Crippen molar-refractivity contribution in [3.63, 3.8) is 0 Å². The van der Waals surface area contributed by atoms with Crippen LogP contribution in [0.15, 0.2) is 35.5 Å². The van der Waals surface area contributed by atoms with Crippen LogP contribution in [0, 0.1) is 12.7 Å². The van der Waals surface area contributed by atoms with Gasteiger partial charge < -0.3 is 14.8 Å². The summed E-state index contributed by atoms with van der Waals surface area (Å²) < 4.78 is 19.9. The number of aromatic nitrogens is 4. The molecule has 182 valence electrons. The van der Waals surface area contributed by atoms with Gasteiger partial charge in [0.25, 0.3) is 0 Å². The van der Waals surface area contributed by atoms with E-state index in [1.54, 1.807) is 18.1 Å². The fourth-order valence-corrected chi connectivity index (χ4v) is 5.37. The van der Waals surface area contributed by atoms with Gasteiger partial charge in [-0.05, 0) is 57.0 Å². The minimum absolute atomic E-state index is 0.166. The second kappa shape index (κ2) is 11.2. The molecular weight excluding hydrogens is 453 g/mol. The summed E-state index contributed by atoms with van der Waals surface area (Å²) in [6.07, 6.45) is 6.65. The minimum atomic E-state index is -0.166. The van der Waals surface area contributed by atoms with Crippen molar-refractivity contribution < 1.29 is 9.18 Å². The summed E-state index contributed by atoms with van der Waals surface area (Å²) in [4.78, 5) is 18.6. The van der Waals surface area contributed by atoms with Gasteiger partial charge in [-0.15, -0.1) is 0 Å². The maximum absolute atomic E-state index is 13.6. The van der Waals surface area contributed by atoms with Crippen molar-refractivity contribution >= 4 is 24.1 Å². The van der Waals surface area contributed by atoms with Crippen molar-refractivity contribution in [1.29, 1.82) is 0 Å². The first kappa shape index (κ1) is 24.4. The lowest BCUT2D eigenvalue weighted by Crippen LogP contribution is -2.28. The standard InChI is InChI=1S/C13H16N4OS.C11H16FN3/c1-10-13(7-12(9-18)15(10)2)19-16-5-6-17-11(8-16)3-4-14-17;1-13-8-9-10(12)4-5-14-11(9)15-6-2-3-7-15/h3-4,7,9H,5-6,8H2,1-2H3;4-5,13H,2-3,6-8H2,1H3. The topological polar surface area (TPSA) is 71.2 Å². The summed E-state index contributed by atoms with van der Waals surface area (Å²) in [6, 6.07) is 5.44. The third kappa shape index (κ3) is 5.34. The fraction of sp³-hybridized carbons (Fsp3) is 0.458. The largest absolute Gasteiger partial charge is 0.356 e. The molecule has 1 fully saturated rings. The Hall–Kier alpha value is -2.69. The van der Waals surface area contributed by atoms with Crippen LogP contribution >= 0.6 is 11.9 Å². The second-order valence-electron chi connectivity index (χ2n) is 8.52. The number of pyridine rings is 1. The maximum Gasteiger partial charge on any atom is 0.166 e. The molecule has 0 bridgehead atoms. The van der Waals surface area contributed by atoms with Gasteiger partial charge in [0.05, 0.1) is 24.5 Å². The van der Waals surface area contributed by atoms with Gasteiger partial charge in [-0.1, -0.05) is 0 Å². The van der Waals surface area contributed by atoms with E-state index in [0.717, 1.165) is 61.1 Å². The van der Waals surface area contributed by atoms with Gasteiger partial charge in [-0.25, -0.2) is 13.7 Å². The average molecular weight is 486 g/mol. The number of carbonyl (C=O) groups is 1. The van der Waals surface area contributed by atoms with Crippen molar-refractivity contribution in [3.8, 4) is 0 Å². The van der Waals surface area contributed by atoms with E-state index in [1.807, 2.05) is 42.5 Å². The molecule has 1 N–H and O–H groups in total. The van der Waals surface area contributed by atoms with Crippen LogP contribution in [-0.2, 0) is 26.7 Å². The number of halogens is 1. The molecular formula is C24H32FN7OS. The summed E-state index contributed by atoms with van der Waals surface area (Å²) >= 11 is 1.72. The van der Waals surface area contributed by atoms with Gasteiger partial charge in [0.1, 0.15) is 11.6 Å². The highest BCUT2D eigenvalue weighted by molar-refractivity contribution is 7.97. The highest BCUT2D eigenvalue weighted by Crippen LogP contribution is 2.30. The zero-order valence-electron chi connectivity index (χ0n) is 20.0. The van der Waals surface area contributed by atoms with Crippen molar-refractivity contribution in [3.05, 3.63) is 59.1 Å². The number of hydrogen-bond acceptors (Lipinski definition) is 7. The van der Waals surface area contributed by atoms with Crippen LogP contribution in [-0.4, -0.2) is 56.6 Å². The third-order valence-corrected chi connectivity index (χ3v) is 7.49. The Labute approximate surface area is 204 Å². The molecule has 1 saturated heterocycles. The van der Waals surface area contributed by atoms with Crippen LogP contribution in [0.4, 0.5) is 10.2 Å². The molecule has 0 spiro atoms. The van der Waals surface area contributed by atoms with Gasteiger partial charge >= 0.3 is 0 Å². The zero-order valence-corrected chi connectivity index (χ0v) is 20.8. The van der Waals surface area contributed by atoms with Gasteiger partial charge in [-0.2, -0.15) is 5.10 Å². The van der Waals surface area contributed by atoms with E-state index < -0.39 is 0 Å². The van der Waals surface area contributed by atoms with E-state index in [4.69, 9.17) is 0 Å². The molecule has 0 atom stereocenters. The molecule has 0 amide bonds. The number of fused-ring (bicyclic) bond motifs is 1. The van der Waals surface area contributed by atoms with Gasteiger partial charge in [0.15, 0.2) is 6.29 Å². The molecule has 5 heterocycles. The SMILES string of the molecule is CNCc1c(F)ccnc1N1CCCC1.Cc1c(SN2CCn3nccc3C2)cc(C=O)n1C. The Morgan fingerprint density at radius 1 is 1.18 bits per heavy atom. The molecule has 0 aliphatic carbocycles. The maximum atomic E-state index is 13.6. The van der Waals surface area contributed by atoms with E-state index in [-0.39, 0.29) is 5.82 Å². The molecule has 0 unspecified atom stereocenters. The van der Waals surface area contributed by atoms with Gasteiger partial charge in [0.2, 0.25) is 0 Å². The summed E-state index contributed by atoms with van der Waals surface area (Å²) in [5, 5.41) is 7.26. The van der Waals surface area contributed by atoms with Crippen LogP contribution in [0.25, 0.3) is 0 Å². The highest BCUT2D eigenvalue weighted by atomic mass is 32.2. The number of nitrogens with zero attached hydrogens (tertiary/aromatic N) is 6. The lowest BCUT2D eigenvalue weighted by Gasteiger charge is -2.26. The lowest BCUT2D eigenvalue weighted by atomic mass is 10.2. The second-order valence-corrected chi connectivity index (χ2v) is 9.65. The predicted octanol–water partition coefficient (Wildman–Crippen LogP) is 3.41. The Morgan fingerprint density at radius 2 is 1.97 bits per heavy atom. The molecule has 3 aromatic rings. The predicted molar refractivity (Wildman–Crippen MR) is 132 cm³/mol. The third-order valence-electron chi connectivity index (χ3n) is 6.31. The Bertz CT molecular complexity index is 1120. The quantitative estimate of drug-likeness (QED) is 0.424. The first-order chi connectivity index (χ1) is 16.5. The number of hydrogen-bond donors (Lipinski definition) is 1. The van der Waals surface area contributed by atoms with Gasteiger partial charge in [0, 0.05) is 61.8 Å². The molecule has 8 nitrogen and oxygen atoms in total. The summed E-state index contributed by atoms with van der Waals surface area (Å²) in [6.45, 7) is 7.33. The number of anilines is 1. The van der Waals surface area contributed by atoms with Gasteiger partial charge in [-0.3, -0.25) is 9.48 Å². The van der Waals surface area contributed by atoms with Crippen LogP contribution < -0.4 is 10.2 Å². The van der Waals surface area contributed by atoms with Crippen LogP contribution in [0.3, 0.4) is 0 Å². The Kier molecular flexibility index (Phi) is 8.02. The lowest BCUT2D eigenvalue weighted by molar-refractivity contribution is 0.111. The number of nitrogens with one attached hydrogen (secondary N) is 1. The summed E-state index contributed by atoms with van der Waals surface area (Å²) in [5.74, 6) is 0.642. The molecule has 10 heteroatoms. The van der Waals surface area contributed by atoms with Crippen molar-refractivity contribution in [2.75, 3.05) is 31.6 Å². The first-order valence-electron chi connectivity index (χ1n) is 11.6. The smallest absolute Gasteiger partial charge is 0.166 e. The number of aldehydes is 1. The Morgan fingerprint density at radius 3 is 2.68 bits per heavy atom. The van der Waals surface area contributed by atoms with E-state index in [2.05, 4.69) is 30.7 Å². The fourth-order valence-electron chi connectivity index (χ4n) is 4.28. The van der Waals surface area contributed by atoms with E-state index in [1.165, 1.54) is 24.6 Å². The van der Waals surface area contributed by atoms with Crippen molar-refractivity contribution in [1.82, 2.24) is 29.0 Å². The Balaban J connectivity index is 0.000000166. The summed E-state index contributed by atoms with van der Waals surface area (Å²) in [7, 11) is 3.74. The first-order valence-corrected chi connectivity index (χ1v) is 12.4. The molecule has 0 saturated carbocycles. The molecule has 3 aromatic heterocycles. The van der Waals surface area contributed by atoms with E-state index >= 15 is 0 Å². The molecule has 5 rings (SSSR count). The molecule has 2 aliphatic rings. The van der Waals surface area contributed by atoms with E-state index in [9.17, 15) is 9.18 Å².